The van der Waals surface area contributed by atoms with Gasteiger partial charge in [0.05, 0.1) is 6.04 Å². The van der Waals surface area contributed by atoms with Crippen molar-refractivity contribution in [3.05, 3.63) is 125 Å². The molecule has 5 rings (SSSR count). The SMILES string of the molecule is O=C(Nc1ccccc1)N1CCN(Cc2ccc(-c3ccccc3Cl)cc2)C[C@@H]1Cc1ccccc1. The third-order valence-corrected chi connectivity index (χ3v) is 7.04. The summed E-state index contributed by atoms with van der Waals surface area (Å²) in [5.41, 5.74) is 5.49. The van der Waals surface area contributed by atoms with Crippen molar-refractivity contribution in [2.45, 2.75) is 19.0 Å². The number of hydrogen-bond donors (Lipinski definition) is 1. The number of rotatable bonds is 6. The van der Waals surface area contributed by atoms with Gasteiger partial charge in [-0.1, -0.05) is 103 Å². The number of urea groups is 1. The average molecular weight is 496 g/mol. The summed E-state index contributed by atoms with van der Waals surface area (Å²) in [5, 5.41) is 3.84. The second-order valence-corrected chi connectivity index (χ2v) is 9.65. The van der Waals surface area contributed by atoms with Crippen molar-refractivity contribution in [2.75, 3.05) is 25.0 Å². The minimum absolute atomic E-state index is 0.0362. The maximum atomic E-state index is 13.2. The smallest absolute Gasteiger partial charge is 0.319 e. The van der Waals surface area contributed by atoms with Crippen LogP contribution in [0.4, 0.5) is 10.5 Å². The van der Waals surface area contributed by atoms with E-state index in [2.05, 4.69) is 58.7 Å². The number of piperazine rings is 1. The normalized spacial score (nSPS) is 16.0. The Labute approximate surface area is 218 Å². The summed E-state index contributed by atoms with van der Waals surface area (Å²) in [6.07, 6.45) is 0.824. The zero-order chi connectivity index (χ0) is 24.7. The minimum Gasteiger partial charge on any atom is -0.319 e. The maximum Gasteiger partial charge on any atom is 0.322 e. The van der Waals surface area contributed by atoms with E-state index in [-0.39, 0.29) is 12.1 Å². The van der Waals surface area contributed by atoms with E-state index in [1.54, 1.807) is 0 Å². The lowest BCUT2D eigenvalue weighted by Crippen LogP contribution is -2.56. The summed E-state index contributed by atoms with van der Waals surface area (Å²) in [4.78, 5) is 17.7. The van der Waals surface area contributed by atoms with Crippen molar-refractivity contribution >= 4 is 23.3 Å². The molecule has 1 saturated heterocycles. The monoisotopic (exact) mass is 495 g/mol. The Bertz CT molecular complexity index is 1280. The lowest BCUT2D eigenvalue weighted by Gasteiger charge is -2.41. The molecule has 5 heteroatoms. The lowest BCUT2D eigenvalue weighted by atomic mass is 10.0. The molecule has 4 aromatic rings. The summed E-state index contributed by atoms with van der Waals surface area (Å²) in [5.74, 6) is 0. The molecule has 1 N–H and O–H groups in total. The molecule has 1 aliphatic heterocycles. The van der Waals surface area contributed by atoms with Crippen molar-refractivity contribution < 1.29 is 4.79 Å². The van der Waals surface area contributed by atoms with E-state index < -0.39 is 0 Å². The predicted molar refractivity (Wildman–Crippen MR) is 148 cm³/mol. The van der Waals surface area contributed by atoms with Crippen LogP contribution in [0.15, 0.2) is 109 Å². The molecular weight excluding hydrogens is 466 g/mol. The molecule has 0 radical (unpaired) electrons. The number of hydrogen-bond acceptors (Lipinski definition) is 2. The number of halogens is 1. The third-order valence-electron chi connectivity index (χ3n) is 6.71. The summed E-state index contributed by atoms with van der Waals surface area (Å²) >= 11 is 6.38. The van der Waals surface area contributed by atoms with Gasteiger partial charge in [0.2, 0.25) is 0 Å². The lowest BCUT2D eigenvalue weighted by molar-refractivity contribution is 0.0958. The number of carbonyl (C=O) groups excluding carboxylic acids is 1. The van der Waals surface area contributed by atoms with E-state index in [4.69, 9.17) is 11.6 Å². The number of benzene rings is 4. The molecule has 1 aliphatic rings. The van der Waals surface area contributed by atoms with Crippen LogP contribution in [0, 0.1) is 0 Å². The fourth-order valence-corrected chi connectivity index (χ4v) is 5.10. The molecule has 0 saturated carbocycles. The van der Waals surface area contributed by atoms with Gasteiger partial charge in [-0.05, 0) is 41.3 Å². The first kappa shape index (κ1) is 24.1. The highest BCUT2D eigenvalue weighted by atomic mass is 35.5. The Morgan fingerprint density at radius 1 is 0.778 bits per heavy atom. The van der Waals surface area contributed by atoms with Crippen LogP contribution in [0.1, 0.15) is 11.1 Å². The molecule has 2 amide bonds. The highest BCUT2D eigenvalue weighted by Gasteiger charge is 2.30. The molecule has 0 unspecified atom stereocenters. The maximum absolute atomic E-state index is 13.2. The second kappa shape index (κ2) is 11.4. The number of nitrogens with one attached hydrogen (secondary N) is 1. The number of para-hydroxylation sites is 1. The van der Waals surface area contributed by atoms with Crippen LogP contribution in [-0.4, -0.2) is 41.5 Å². The number of anilines is 1. The van der Waals surface area contributed by atoms with Gasteiger partial charge in [0.1, 0.15) is 0 Å². The largest absolute Gasteiger partial charge is 0.322 e. The van der Waals surface area contributed by atoms with Crippen LogP contribution in [0.25, 0.3) is 11.1 Å². The van der Waals surface area contributed by atoms with E-state index in [9.17, 15) is 4.79 Å². The van der Waals surface area contributed by atoms with Crippen molar-refractivity contribution in [1.82, 2.24) is 9.80 Å². The van der Waals surface area contributed by atoms with Crippen LogP contribution in [-0.2, 0) is 13.0 Å². The van der Waals surface area contributed by atoms with E-state index in [1.807, 2.05) is 65.6 Å². The first-order chi connectivity index (χ1) is 17.7. The second-order valence-electron chi connectivity index (χ2n) is 9.25. The molecule has 0 aliphatic carbocycles. The van der Waals surface area contributed by atoms with Crippen LogP contribution in [0.5, 0.6) is 0 Å². The molecule has 0 aromatic heterocycles. The van der Waals surface area contributed by atoms with Crippen LogP contribution < -0.4 is 5.32 Å². The first-order valence-corrected chi connectivity index (χ1v) is 12.8. The summed E-state index contributed by atoms with van der Waals surface area (Å²) in [6.45, 7) is 3.19. The quantitative estimate of drug-likeness (QED) is 0.313. The minimum atomic E-state index is -0.0362. The molecule has 4 aromatic carbocycles. The van der Waals surface area contributed by atoms with Gasteiger partial charge in [-0.15, -0.1) is 0 Å². The van der Waals surface area contributed by atoms with E-state index >= 15 is 0 Å². The van der Waals surface area contributed by atoms with E-state index in [0.29, 0.717) is 6.54 Å². The van der Waals surface area contributed by atoms with Gasteiger partial charge >= 0.3 is 6.03 Å². The fraction of sp³-hybridized carbons (Fsp3) is 0.194. The van der Waals surface area contributed by atoms with Crippen LogP contribution >= 0.6 is 11.6 Å². The van der Waals surface area contributed by atoms with Gasteiger partial charge in [0.25, 0.3) is 0 Å². The molecule has 0 spiro atoms. The Hall–Kier alpha value is -3.60. The highest BCUT2D eigenvalue weighted by molar-refractivity contribution is 6.33. The average Bonchev–Trinajstić information content (AvgIpc) is 2.91. The van der Waals surface area contributed by atoms with Crippen molar-refractivity contribution in [3.8, 4) is 11.1 Å². The van der Waals surface area contributed by atoms with Gasteiger partial charge in [-0.25, -0.2) is 4.79 Å². The number of carbonyl (C=O) groups is 1. The number of nitrogens with zero attached hydrogens (tertiary/aromatic N) is 2. The van der Waals surface area contributed by atoms with Gasteiger partial charge in [0.15, 0.2) is 0 Å². The Balaban J connectivity index is 1.28. The zero-order valence-corrected chi connectivity index (χ0v) is 20.9. The van der Waals surface area contributed by atoms with E-state index in [1.165, 1.54) is 11.1 Å². The Kier molecular flexibility index (Phi) is 7.65. The van der Waals surface area contributed by atoms with E-state index in [0.717, 1.165) is 47.9 Å². The standard InChI is InChI=1S/C31H30ClN3O/c32-30-14-8-7-13-29(30)26-17-15-25(16-18-26)22-34-19-20-35(31(36)33-27-11-5-2-6-12-27)28(23-34)21-24-9-3-1-4-10-24/h1-18,28H,19-23H2,(H,33,36)/t28-/m0/s1. The van der Waals surface area contributed by atoms with Crippen LogP contribution in [0.3, 0.4) is 0 Å². The predicted octanol–water partition coefficient (Wildman–Crippen LogP) is 6.97. The first-order valence-electron chi connectivity index (χ1n) is 12.4. The molecular formula is C31H30ClN3O. The van der Waals surface area contributed by atoms with Crippen LogP contribution in [0.2, 0.25) is 5.02 Å². The fourth-order valence-electron chi connectivity index (χ4n) is 4.85. The molecule has 4 nitrogen and oxygen atoms in total. The molecule has 1 atom stereocenters. The topological polar surface area (TPSA) is 35.6 Å². The van der Waals surface area contributed by atoms with Crippen molar-refractivity contribution in [1.29, 1.82) is 0 Å². The Morgan fingerprint density at radius 2 is 1.44 bits per heavy atom. The van der Waals surface area contributed by atoms with Crippen molar-refractivity contribution in [3.63, 3.8) is 0 Å². The highest BCUT2D eigenvalue weighted by Crippen LogP contribution is 2.28. The molecule has 1 fully saturated rings. The van der Waals surface area contributed by atoms with Crippen molar-refractivity contribution in [2.24, 2.45) is 0 Å². The summed E-state index contributed by atoms with van der Waals surface area (Å²) in [6, 6.07) is 36.7. The van der Waals surface area contributed by atoms with Gasteiger partial charge in [-0.3, -0.25) is 4.90 Å². The number of amides is 2. The van der Waals surface area contributed by atoms with Gasteiger partial charge in [-0.2, -0.15) is 0 Å². The summed E-state index contributed by atoms with van der Waals surface area (Å²) < 4.78 is 0. The summed E-state index contributed by atoms with van der Waals surface area (Å²) in [7, 11) is 0. The van der Waals surface area contributed by atoms with Gasteiger partial charge < -0.3 is 10.2 Å². The molecule has 1 heterocycles. The third kappa shape index (κ3) is 5.96. The molecule has 182 valence electrons. The molecule has 36 heavy (non-hydrogen) atoms. The zero-order valence-electron chi connectivity index (χ0n) is 20.2. The van der Waals surface area contributed by atoms with Gasteiger partial charge in [0, 0.05) is 42.5 Å². The Morgan fingerprint density at radius 3 is 2.17 bits per heavy atom. The molecule has 0 bridgehead atoms.